The molecule has 1 heterocycles. The Morgan fingerprint density at radius 3 is 2.75 bits per heavy atom. The summed E-state index contributed by atoms with van der Waals surface area (Å²) in [6.07, 6.45) is 0. The highest BCUT2D eigenvalue weighted by molar-refractivity contribution is 8.00. The molecule has 0 spiro atoms. The molecule has 92 valence electrons. The third-order valence-corrected chi connectivity index (χ3v) is 3.39. The van der Waals surface area contributed by atoms with Gasteiger partial charge >= 0.3 is 5.97 Å². The van der Waals surface area contributed by atoms with Crippen molar-refractivity contribution in [1.29, 1.82) is 0 Å². The summed E-state index contributed by atoms with van der Waals surface area (Å²) in [5.74, 6) is -1.30. The van der Waals surface area contributed by atoms with Crippen LogP contribution in [-0.2, 0) is 14.3 Å². The molecule has 2 atom stereocenters. The summed E-state index contributed by atoms with van der Waals surface area (Å²) in [4.78, 5) is 22.3. The van der Waals surface area contributed by atoms with E-state index in [0.29, 0.717) is 11.0 Å². The predicted octanol–water partition coefficient (Wildman–Crippen LogP) is 0.344. The maximum Gasteiger partial charge on any atom is 0.311 e. The van der Waals surface area contributed by atoms with E-state index in [9.17, 15) is 9.59 Å². The zero-order valence-corrected chi connectivity index (χ0v) is 10.3. The monoisotopic (exact) mass is 247 g/mol. The number of hydrogen-bond acceptors (Lipinski definition) is 4. The molecule has 0 radical (unpaired) electrons. The van der Waals surface area contributed by atoms with Gasteiger partial charge in [-0.05, 0) is 5.25 Å². The highest BCUT2D eigenvalue weighted by Crippen LogP contribution is 2.14. The maximum atomic E-state index is 11.5. The van der Waals surface area contributed by atoms with Gasteiger partial charge < -0.3 is 15.2 Å². The van der Waals surface area contributed by atoms with Crippen LogP contribution in [0.4, 0.5) is 0 Å². The number of hydrogen-bond donors (Lipinski definition) is 2. The molecule has 1 aliphatic rings. The number of rotatable bonds is 5. The van der Waals surface area contributed by atoms with E-state index < -0.39 is 17.9 Å². The first-order chi connectivity index (χ1) is 7.50. The van der Waals surface area contributed by atoms with Crippen LogP contribution in [0.3, 0.4) is 0 Å². The molecule has 0 aromatic heterocycles. The number of ether oxygens (including phenoxy) is 1. The number of carboxylic acids is 1. The maximum absolute atomic E-state index is 11.5. The molecule has 0 aliphatic carbocycles. The van der Waals surface area contributed by atoms with Gasteiger partial charge in [-0.15, -0.1) is 11.8 Å². The average molecular weight is 247 g/mol. The van der Waals surface area contributed by atoms with Crippen molar-refractivity contribution in [3.05, 3.63) is 0 Å². The van der Waals surface area contributed by atoms with Crippen LogP contribution in [0, 0.1) is 5.92 Å². The molecule has 0 aromatic carbocycles. The number of aliphatic carboxylic acids is 1. The quantitative estimate of drug-likeness (QED) is 0.733. The number of amides is 1. The van der Waals surface area contributed by atoms with Crippen molar-refractivity contribution in [1.82, 2.24) is 5.32 Å². The van der Waals surface area contributed by atoms with E-state index in [0.717, 1.165) is 0 Å². The molecular formula is C10H17NO4S. The van der Waals surface area contributed by atoms with Crippen LogP contribution < -0.4 is 5.32 Å². The van der Waals surface area contributed by atoms with E-state index in [1.165, 1.54) is 11.8 Å². The molecule has 0 aromatic rings. The predicted molar refractivity (Wildman–Crippen MR) is 61.5 cm³/mol. The molecule has 1 fully saturated rings. The molecule has 1 amide bonds. The van der Waals surface area contributed by atoms with Crippen LogP contribution in [0.25, 0.3) is 0 Å². The summed E-state index contributed by atoms with van der Waals surface area (Å²) in [6, 6.07) is -0.391. The Labute approximate surface area is 98.9 Å². The number of thioether (sulfide) groups is 1. The molecule has 1 aliphatic heterocycles. The molecule has 1 saturated heterocycles. The van der Waals surface area contributed by atoms with Crippen LogP contribution in [-0.4, -0.2) is 47.2 Å². The van der Waals surface area contributed by atoms with Crippen LogP contribution >= 0.6 is 11.8 Å². The van der Waals surface area contributed by atoms with Gasteiger partial charge in [0.05, 0.1) is 25.0 Å². The first kappa shape index (κ1) is 13.3. The molecule has 2 unspecified atom stereocenters. The fraction of sp³-hybridized carbons (Fsp3) is 0.800. The second-order valence-corrected chi connectivity index (χ2v) is 5.58. The molecular weight excluding hydrogens is 230 g/mol. The largest absolute Gasteiger partial charge is 0.481 e. The first-order valence-electron chi connectivity index (χ1n) is 5.22. The molecule has 1 rings (SSSR count). The van der Waals surface area contributed by atoms with Gasteiger partial charge in [0.25, 0.3) is 0 Å². The summed E-state index contributed by atoms with van der Waals surface area (Å²) in [5.41, 5.74) is 0. The minimum absolute atomic E-state index is 0.125. The minimum Gasteiger partial charge on any atom is -0.481 e. The van der Waals surface area contributed by atoms with Crippen LogP contribution in [0.1, 0.15) is 13.8 Å². The van der Waals surface area contributed by atoms with Crippen molar-refractivity contribution >= 4 is 23.6 Å². The fourth-order valence-electron chi connectivity index (χ4n) is 1.43. The lowest BCUT2D eigenvalue weighted by Gasteiger charge is -2.15. The topological polar surface area (TPSA) is 75.6 Å². The highest BCUT2D eigenvalue weighted by atomic mass is 32.2. The van der Waals surface area contributed by atoms with Gasteiger partial charge in [0.2, 0.25) is 5.91 Å². The van der Waals surface area contributed by atoms with E-state index in [1.807, 2.05) is 13.8 Å². The number of nitrogens with one attached hydrogen (secondary N) is 1. The Morgan fingerprint density at radius 1 is 1.50 bits per heavy atom. The van der Waals surface area contributed by atoms with Gasteiger partial charge in [0.1, 0.15) is 5.92 Å². The minimum atomic E-state index is -0.917. The second kappa shape index (κ2) is 6.10. The third-order valence-electron chi connectivity index (χ3n) is 2.29. The van der Waals surface area contributed by atoms with Crippen LogP contribution in [0.2, 0.25) is 0 Å². The van der Waals surface area contributed by atoms with Crippen molar-refractivity contribution in [3.63, 3.8) is 0 Å². The van der Waals surface area contributed by atoms with Crippen molar-refractivity contribution in [2.24, 2.45) is 5.92 Å². The summed E-state index contributed by atoms with van der Waals surface area (Å²) >= 11 is 1.53. The van der Waals surface area contributed by atoms with E-state index in [1.54, 1.807) is 0 Å². The summed E-state index contributed by atoms with van der Waals surface area (Å²) < 4.78 is 5.06. The zero-order valence-electron chi connectivity index (χ0n) is 9.43. The van der Waals surface area contributed by atoms with Crippen LogP contribution in [0.5, 0.6) is 0 Å². The van der Waals surface area contributed by atoms with Crippen molar-refractivity contribution in [2.45, 2.75) is 25.1 Å². The van der Waals surface area contributed by atoms with Gasteiger partial charge in [0.15, 0.2) is 0 Å². The van der Waals surface area contributed by atoms with Crippen LogP contribution in [0.15, 0.2) is 0 Å². The van der Waals surface area contributed by atoms with Gasteiger partial charge in [-0.25, -0.2) is 0 Å². The number of carbonyl (C=O) groups is 2. The Kier molecular flexibility index (Phi) is 5.08. The Hall–Kier alpha value is -0.750. The normalized spacial score (nSPS) is 24.7. The lowest BCUT2D eigenvalue weighted by atomic mass is 10.0. The molecule has 2 N–H and O–H groups in total. The molecule has 0 saturated carbocycles. The average Bonchev–Trinajstić information content (AvgIpc) is 2.62. The lowest BCUT2D eigenvalue weighted by molar-refractivity contribution is -0.142. The van der Waals surface area contributed by atoms with Crippen molar-refractivity contribution in [3.8, 4) is 0 Å². The van der Waals surface area contributed by atoms with E-state index in [2.05, 4.69) is 5.32 Å². The first-order valence-corrected chi connectivity index (χ1v) is 6.27. The van der Waals surface area contributed by atoms with E-state index in [-0.39, 0.29) is 19.1 Å². The molecule has 16 heavy (non-hydrogen) atoms. The Morgan fingerprint density at radius 2 is 2.19 bits per heavy atom. The van der Waals surface area contributed by atoms with Crippen molar-refractivity contribution < 1.29 is 19.4 Å². The lowest BCUT2D eigenvalue weighted by Crippen LogP contribution is -2.43. The SMILES string of the molecule is CC(C)SCC(=O)NC1COCC1C(=O)O. The number of carbonyl (C=O) groups excluding carboxylic acids is 1. The Bertz CT molecular complexity index is 270. The van der Waals surface area contributed by atoms with E-state index >= 15 is 0 Å². The van der Waals surface area contributed by atoms with Crippen molar-refractivity contribution in [2.75, 3.05) is 19.0 Å². The van der Waals surface area contributed by atoms with Gasteiger partial charge in [-0.1, -0.05) is 13.8 Å². The summed E-state index contributed by atoms with van der Waals surface area (Å²) in [5, 5.41) is 12.0. The molecule has 5 nitrogen and oxygen atoms in total. The number of carboxylic acid groups (broad SMARTS) is 1. The zero-order chi connectivity index (χ0) is 12.1. The molecule has 6 heteroatoms. The molecule has 0 bridgehead atoms. The Balaban J connectivity index is 2.35. The summed E-state index contributed by atoms with van der Waals surface area (Å²) in [6.45, 7) is 4.49. The van der Waals surface area contributed by atoms with E-state index in [4.69, 9.17) is 9.84 Å². The summed E-state index contributed by atoms with van der Waals surface area (Å²) in [7, 11) is 0. The third kappa shape index (κ3) is 4.02. The van der Waals surface area contributed by atoms with Gasteiger partial charge in [-0.2, -0.15) is 0 Å². The second-order valence-electron chi connectivity index (χ2n) is 4.02. The van der Waals surface area contributed by atoms with Gasteiger partial charge in [-0.3, -0.25) is 9.59 Å². The fourth-order valence-corrected chi connectivity index (χ4v) is 2.00. The highest BCUT2D eigenvalue weighted by Gasteiger charge is 2.34. The standard InChI is InChI=1S/C10H17NO4S/c1-6(2)16-5-9(12)11-8-4-15-3-7(8)10(13)14/h6-8H,3-5H2,1-2H3,(H,11,12)(H,13,14). The smallest absolute Gasteiger partial charge is 0.311 e. The van der Waals surface area contributed by atoms with Gasteiger partial charge in [0, 0.05) is 0 Å².